The number of para-hydroxylation sites is 4. The van der Waals surface area contributed by atoms with Crippen molar-refractivity contribution < 1.29 is 38.3 Å². The number of hydrogen-bond acceptors (Lipinski definition) is 7. The molecule has 0 radical (unpaired) electrons. The molecule has 0 aliphatic carbocycles. The molecule has 0 saturated heterocycles. The average molecular weight is 432 g/mol. The topological polar surface area (TPSA) is 92.7 Å². The SMILES string of the molecule is CCC1(OCC(=O)O)COc2ccccc2OCCOCCOc2ccccc2OC1. The second-order valence-corrected chi connectivity index (χ2v) is 7.00. The number of carbonyl (C=O) groups is 1. The fraction of sp³-hybridized carbons (Fsp3) is 0.435. The minimum absolute atomic E-state index is 0.0800. The highest BCUT2D eigenvalue weighted by Crippen LogP contribution is 2.31. The largest absolute Gasteiger partial charge is 0.487 e. The molecule has 0 fully saturated rings. The van der Waals surface area contributed by atoms with E-state index in [1.54, 1.807) is 24.3 Å². The molecule has 0 aromatic heterocycles. The Kier molecular flexibility index (Phi) is 8.37. The first kappa shape index (κ1) is 22.7. The molecule has 0 spiro atoms. The Bertz CT molecular complexity index is 782. The molecular weight excluding hydrogens is 404 g/mol. The summed E-state index contributed by atoms with van der Waals surface area (Å²) in [6.07, 6.45) is 0.472. The molecule has 0 amide bonds. The Labute approximate surface area is 181 Å². The number of ether oxygens (including phenoxy) is 6. The van der Waals surface area contributed by atoms with Crippen molar-refractivity contribution in [1.29, 1.82) is 0 Å². The summed E-state index contributed by atoms with van der Waals surface area (Å²) in [5, 5.41) is 9.15. The molecule has 3 rings (SSSR count). The lowest BCUT2D eigenvalue weighted by Gasteiger charge is -2.32. The molecule has 1 aliphatic rings. The Morgan fingerprint density at radius 2 is 1.29 bits per heavy atom. The maximum atomic E-state index is 11.2. The summed E-state index contributed by atoms with van der Waals surface area (Å²) < 4.78 is 34.9. The van der Waals surface area contributed by atoms with Crippen LogP contribution < -0.4 is 18.9 Å². The predicted molar refractivity (Wildman–Crippen MR) is 112 cm³/mol. The Morgan fingerprint density at radius 1 is 0.839 bits per heavy atom. The van der Waals surface area contributed by atoms with Crippen molar-refractivity contribution in [2.75, 3.05) is 46.2 Å². The number of aliphatic carboxylic acids is 1. The number of rotatable bonds is 4. The van der Waals surface area contributed by atoms with Gasteiger partial charge in [-0.05, 0) is 30.7 Å². The van der Waals surface area contributed by atoms with Gasteiger partial charge in [0.1, 0.15) is 38.6 Å². The molecule has 2 aromatic carbocycles. The van der Waals surface area contributed by atoms with Gasteiger partial charge in [0.25, 0.3) is 0 Å². The Hall–Kier alpha value is -2.97. The van der Waals surface area contributed by atoms with Gasteiger partial charge in [-0.25, -0.2) is 4.79 Å². The van der Waals surface area contributed by atoms with E-state index in [9.17, 15) is 4.79 Å². The van der Waals surface area contributed by atoms with Crippen LogP contribution in [-0.4, -0.2) is 62.9 Å². The molecule has 1 heterocycles. The minimum Gasteiger partial charge on any atom is -0.487 e. The van der Waals surface area contributed by atoms with E-state index in [0.29, 0.717) is 55.8 Å². The first-order valence-corrected chi connectivity index (χ1v) is 10.2. The van der Waals surface area contributed by atoms with Crippen LogP contribution in [0.1, 0.15) is 13.3 Å². The van der Waals surface area contributed by atoms with Gasteiger partial charge in [0.15, 0.2) is 23.0 Å². The van der Waals surface area contributed by atoms with Crippen LogP contribution >= 0.6 is 0 Å². The van der Waals surface area contributed by atoms with Gasteiger partial charge < -0.3 is 33.5 Å². The molecule has 8 nitrogen and oxygen atoms in total. The van der Waals surface area contributed by atoms with Gasteiger partial charge >= 0.3 is 5.97 Å². The van der Waals surface area contributed by atoms with E-state index in [0.717, 1.165) is 0 Å². The molecule has 1 N–H and O–H groups in total. The van der Waals surface area contributed by atoms with Crippen molar-refractivity contribution in [3.8, 4) is 23.0 Å². The highest BCUT2D eigenvalue weighted by Gasteiger charge is 2.33. The highest BCUT2D eigenvalue weighted by atomic mass is 16.6. The van der Waals surface area contributed by atoms with Crippen LogP contribution in [0.4, 0.5) is 0 Å². The molecule has 2 aromatic rings. The summed E-state index contributed by atoms with van der Waals surface area (Å²) in [7, 11) is 0. The molecule has 0 saturated carbocycles. The zero-order valence-electron chi connectivity index (χ0n) is 17.6. The van der Waals surface area contributed by atoms with Crippen molar-refractivity contribution in [3.63, 3.8) is 0 Å². The van der Waals surface area contributed by atoms with E-state index < -0.39 is 18.2 Å². The van der Waals surface area contributed by atoms with Crippen molar-refractivity contribution in [2.45, 2.75) is 18.9 Å². The molecule has 31 heavy (non-hydrogen) atoms. The molecule has 0 bridgehead atoms. The molecule has 8 heteroatoms. The van der Waals surface area contributed by atoms with Crippen LogP contribution in [0.25, 0.3) is 0 Å². The van der Waals surface area contributed by atoms with Gasteiger partial charge in [0, 0.05) is 0 Å². The average Bonchev–Trinajstić information content (AvgIpc) is 2.79. The quantitative estimate of drug-likeness (QED) is 0.788. The summed E-state index contributed by atoms with van der Waals surface area (Å²) in [6.45, 7) is 3.10. The zero-order valence-corrected chi connectivity index (χ0v) is 17.6. The maximum absolute atomic E-state index is 11.2. The van der Waals surface area contributed by atoms with Gasteiger partial charge in [0.05, 0.1) is 13.2 Å². The second kappa shape index (κ2) is 11.4. The van der Waals surface area contributed by atoms with Crippen LogP contribution in [0.5, 0.6) is 23.0 Å². The van der Waals surface area contributed by atoms with Crippen LogP contribution in [0, 0.1) is 0 Å². The van der Waals surface area contributed by atoms with E-state index in [4.69, 9.17) is 33.5 Å². The third-order valence-electron chi connectivity index (χ3n) is 4.80. The maximum Gasteiger partial charge on any atom is 0.329 e. The number of hydrogen-bond donors (Lipinski definition) is 1. The van der Waals surface area contributed by atoms with Gasteiger partial charge in [-0.3, -0.25) is 0 Å². The molecular formula is C23H28O8. The van der Waals surface area contributed by atoms with Crippen molar-refractivity contribution in [3.05, 3.63) is 48.5 Å². The number of carboxylic acid groups (broad SMARTS) is 1. The Balaban J connectivity index is 1.85. The first-order valence-electron chi connectivity index (χ1n) is 10.2. The number of fused-ring (bicyclic) bond motifs is 2. The minimum atomic E-state index is -1.06. The third kappa shape index (κ3) is 6.77. The highest BCUT2D eigenvalue weighted by molar-refractivity contribution is 5.68. The first-order chi connectivity index (χ1) is 15.1. The fourth-order valence-electron chi connectivity index (χ4n) is 2.97. The van der Waals surface area contributed by atoms with Gasteiger partial charge in [-0.15, -0.1) is 0 Å². The summed E-state index contributed by atoms with van der Waals surface area (Å²) in [5.74, 6) is 1.16. The number of carboxylic acids is 1. The number of benzene rings is 2. The normalized spacial score (nSPS) is 16.9. The van der Waals surface area contributed by atoms with E-state index in [2.05, 4.69) is 0 Å². The molecule has 168 valence electrons. The van der Waals surface area contributed by atoms with Crippen molar-refractivity contribution >= 4 is 5.97 Å². The Morgan fingerprint density at radius 3 is 1.71 bits per heavy atom. The summed E-state index contributed by atoms with van der Waals surface area (Å²) >= 11 is 0. The van der Waals surface area contributed by atoms with Crippen molar-refractivity contribution in [2.24, 2.45) is 0 Å². The van der Waals surface area contributed by atoms with E-state index in [1.807, 2.05) is 31.2 Å². The van der Waals surface area contributed by atoms with Crippen LogP contribution in [0.3, 0.4) is 0 Å². The standard InChI is InChI=1S/C23H28O8/c1-2-23(31-15-22(24)25)16-29-20-9-5-3-7-18(20)27-13-11-26-12-14-28-19-8-4-6-10-21(19)30-17-23/h3-10H,2,11-17H2,1H3,(H,24,25). The van der Waals surface area contributed by atoms with Crippen molar-refractivity contribution in [1.82, 2.24) is 0 Å². The third-order valence-corrected chi connectivity index (χ3v) is 4.80. The lowest BCUT2D eigenvalue weighted by Crippen LogP contribution is -2.45. The van der Waals surface area contributed by atoms with Gasteiger partial charge in [-0.2, -0.15) is 0 Å². The predicted octanol–water partition coefficient (Wildman–Crippen LogP) is 3.18. The molecule has 0 unspecified atom stereocenters. The van der Waals surface area contributed by atoms with Gasteiger partial charge in [0.2, 0.25) is 0 Å². The van der Waals surface area contributed by atoms with Crippen LogP contribution in [-0.2, 0) is 14.3 Å². The van der Waals surface area contributed by atoms with E-state index in [-0.39, 0.29) is 13.2 Å². The van der Waals surface area contributed by atoms with Crippen LogP contribution in [0.2, 0.25) is 0 Å². The smallest absolute Gasteiger partial charge is 0.329 e. The second-order valence-electron chi connectivity index (χ2n) is 7.00. The van der Waals surface area contributed by atoms with E-state index in [1.165, 1.54) is 0 Å². The summed E-state index contributed by atoms with van der Waals surface area (Å²) in [6, 6.07) is 14.6. The van der Waals surface area contributed by atoms with Crippen LogP contribution in [0.15, 0.2) is 48.5 Å². The molecule has 0 atom stereocenters. The van der Waals surface area contributed by atoms with E-state index >= 15 is 0 Å². The zero-order chi connectivity index (χ0) is 21.9. The fourth-order valence-corrected chi connectivity index (χ4v) is 2.97. The molecule has 1 aliphatic heterocycles. The summed E-state index contributed by atoms with van der Waals surface area (Å²) in [4.78, 5) is 11.2. The van der Waals surface area contributed by atoms with Gasteiger partial charge in [-0.1, -0.05) is 31.2 Å². The summed E-state index contributed by atoms with van der Waals surface area (Å²) in [5.41, 5.74) is -0.987. The lowest BCUT2D eigenvalue weighted by molar-refractivity contribution is -0.156. The monoisotopic (exact) mass is 432 g/mol. The lowest BCUT2D eigenvalue weighted by atomic mass is 10.0.